The van der Waals surface area contributed by atoms with E-state index in [-0.39, 0.29) is 35.2 Å². The highest BCUT2D eigenvalue weighted by Gasteiger charge is 2.27. The van der Waals surface area contributed by atoms with Crippen LogP contribution in [0.3, 0.4) is 0 Å². The van der Waals surface area contributed by atoms with E-state index in [0.29, 0.717) is 11.3 Å². The Balaban J connectivity index is 2.35. The van der Waals surface area contributed by atoms with Gasteiger partial charge in [-0.3, -0.25) is 14.2 Å². The molecule has 38 heavy (non-hydrogen) atoms. The van der Waals surface area contributed by atoms with Gasteiger partial charge in [0.2, 0.25) is 5.88 Å². The van der Waals surface area contributed by atoms with Gasteiger partial charge in [0.05, 0.1) is 12.3 Å². The quantitative estimate of drug-likeness (QED) is 0.169. The van der Waals surface area contributed by atoms with Crippen molar-refractivity contribution in [1.82, 2.24) is 9.47 Å². The molecule has 0 atom stereocenters. The van der Waals surface area contributed by atoms with Crippen molar-refractivity contribution < 1.29 is 19.4 Å². The number of carbonyl (C=O) groups is 2. The zero-order chi connectivity index (χ0) is 28.2. The number of hydrogen-bond acceptors (Lipinski definition) is 7. The zero-order valence-corrected chi connectivity index (χ0v) is 23.6. The number of benzene rings is 1. The summed E-state index contributed by atoms with van der Waals surface area (Å²) in [5.41, 5.74) is 0.521. The summed E-state index contributed by atoms with van der Waals surface area (Å²) in [4.78, 5) is 40.4. The highest BCUT2D eigenvalue weighted by molar-refractivity contribution is 5.94. The first-order chi connectivity index (χ1) is 18.2. The number of nitrogens with zero attached hydrogens (tertiary/aromatic N) is 4. The lowest BCUT2D eigenvalue weighted by Crippen LogP contribution is -2.32. The SMILES string of the molecule is CCCCCCN(CCCC)C(=O)c1ccc(/N=N/c2c(C(C)C)c(C(=O)OCC)c(=O)n(C)c2O)cc1. The van der Waals surface area contributed by atoms with E-state index < -0.39 is 17.4 Å². The van der Waals surface area contributed by atoms with Gasteiger partial charge in [0, 0.05) is 31.3 Å². The van der Waals surface area contributed by atoms with Crippen LogP contribution in [-0.2, 0) is 11.8 Å². The third-order valence-corrected chi connectivity index (χ3v) is 6.36. The number of pyridine rings is 1. The maximum atomic E-state index is 13.2. The molecule has 0 saturated heterocycles. The molecule has 0 aliphatic heterocycles. The van der Waals surface area contributed by atoms with Crippen LogP contribution >= 0.6 is 0 Å². The molecule has 9 nitrogen and oxygen atoms in total. The Morgan fingerprint density at radius 3 is 2.18 bits per heavy atom. The van der Waals surface area contributed by atoms with Crippen LogP contribution in [0.15, 0.2) is 39.3 Å². The van der Waals surface area contributed by atoms with Crippen molar-refractivity contribution in [2.24, 2.45) is 17.3 Å². The van der Waals surface area contributed by atoms with E-state index in [2.05, 4.69) is 24.1 Å². The van der Waals surface area contributed by atoms with Gasteiger partial charge in [0.15, 0.2) is 5.69 Å². The molecule has 2 rings (SSSR count). The number of rotatable bonds is 14. The van der Waals surface area contributed by atoms with E-state index in [4.69, 9.17) is 4.74 Å². The van der Waals surface area contributed by atoms with Crippen molar-refractivity contribution in [1.29, 1.82) is 0 Å². The van der Waals surface area contributed by atoms with Crippen LogP contribution in [0.2, 0.25) is 0 Å². The topological polar surface area (TPSA) is 114 Å². The number of hydrogen-bond donors (Lipinski definition) is 1. The molecule has 1 amide bonds. The Kier molecular flexibility index (Phi) is 12.2. The predicted octanol–water partition coefficient (Wildman–Crippen LogP) is 6.63. The van der Waals surface area contributed by atoms with Crippen molar-refractivity contribution >= 4 is 23.3 Å². The third-order valence-electron chi connectivity index (χ3n) is 6.36. The monoisotopic (exact) mass is 526 g/mol. The van der Waals surface area contributed by atoms with Gasteiger partial charge in [-0.1, -0.05) is 53.4 Å². The lowest BCUT2D eigenvalue weighted by atomic mass is 9.96. The van der Waals surface area contributed by atoms with Gasteiger partial charge in [-0.2, -0.15) is 5.11 Å². The van der Waals surface area contributed by atoms with E-state index in [1.165, 1.54) is 13.5 Å². The molecule has 2 aromatic rings. The van der Waals surface area contributed by atoms with Crippen molar-refractivity contribution in [3.8, 4) is 5.88 Å². The van der Waals surface area contributed by atoms with Gasteiger partial charge in [-0.15, -0.1) is 5.11 Å². The molecule has 1 aromatic heterocycles. The predicted molar refractivity (Wildman–Crippen MR) is 149 cm³/mol. The fourth-order valence-corrected chi connectivity index (χ4v) is 4.19. The van der Waals surface area contributed by atoms with Crippen LogP contribution in [0, 0.1) is 0 Å². The van der Waals surface area contributed by atoms with E-state index in [9.17, 15) is 19.5 Å². The molecule has 1 N–H and O–H groups in total. The maximum Gasteiger partial charge on any atom is 0.344 e. The number of azo groups is 1. The van der Waals surface area contributed by atoms with Crippen molar-refractivity contribution in [3.05, 3.63) is 51.3 Å². The summed E-state index contributed by atoms with van der Waals surface area (Å²) in [6, 6.07) is 6.81. The second-order valence-corrected chi connectivity index (χ2v) is 9.65. The fourth-order valence-electron chi connectivity index (χ4n) is 4.19. The standard InChI is InChI=1S/C29H42N4O5/c1-7-10-12-13-19-33(18-11-8-2)26(34)21-14-16-22(17-15-21)30-31-25-23(20(4)5)24(29(37)38-9-3)27(35)32(6)28(25)36/h14-17,20,36H,7-13,18-19H2,1-6H3/b31-30+. The molecule has 0 saturated carbocycles. The fraction of sp³-hybridized carbons (Fsp3) is 0.552. The molecule has 9 heteroatoms. The minimum absolute atomic E-state index is 0.00434. The largest absolute Gasteiger partial charge is 0.493 e. The summed E-state index contributed by atoms with van der Waals surface area (Å²) in [5, 5.41) is 19.1. The van der Waals surface area contributed by atoms with Gasteiger partial charge in [0.25, 0.3) is 11.5 Å². The number of ether oxygens (including phenoxy) is 1. The number of carbonyl (C=O) groups excluding carboxylic acids is 2. The smallest absolute Gasteiger partial charge is 0.344 e. The molecular formula is C29H42N4O5. The van der Waals surface area contributed by atoms with Gasteiger partial charge in [0.1, 0.15) is 5.56 Å². The van der Waals surface area contributed by atoms with Crippen molar-refractivity contribution in [3.63, 3.8) is 0 Å². The van der Waals surface area contributed by atoms with Crippen LogP contribution in [0.25, 0.3) is 0 Å². The number of amides is 1. The van der Waals surface area contributed by atoms with E-state index in [0.717, 1.165) is 49.8 Å². The van der Waals surface area contributed by atoms with Crippen LogP contribution in [0.5, 0.6) is 5.88 Å². The molecule has 208 valence electrons. The molecule has 0 spiro atoms. The lowest BCUT2D eigenvalue weighted by Gasteiger charge is -2.22. The molecule has 0 radical (unpaired) electrons. The van der Waals surface area contributed by atoms with Crippen molar-refractivity contribution in [2.45, 2.75) is 79.1 Å². The number of unbranched alkanes of at least 4 members (excludes halogenated alkanes) is 4. The van der Waals surface area contributed by atoms with E-state index >= 15 is 0 Å². The summed E-state index contributed by atoms with van der Waals surface area (Å²) in [6.07, 6.45) is 6.40. The Morgan fingerprint density at radius 2 is 1.61 bits per heavy atom. The summed E-state index contributed by atoms with van der Waals surface area (Å²) < 4.78 is 6.04. The second kappa shape index (κ2) is 15.1. The van der Waals surface area contributed by atoms with Crippen molar-refractivity contribution in [2.75, 3.05) is 19.7 Å². The Bertz CT molecular complexity index is 1170. The van der Waals surface area contributed by atoms with Gasteiger partial charge >= 0.3 is 5.97 Å². The minimum atomic E-state index is -0.765. The lowest BCUT2D eigenvalue weighted by molar-refractivity contribution is 0.0521. The highest BCUT2D eigenvalue weighted by atomic mass is 16.5. The molecular weight excluding hydrogens is 484 g/mol. The normalized spacial score (nSPS) is 11.3. The van der Waals surface area contributed by atoms with Crippen LogP contribution in [-0.4, -0.2) is 46.1 Å². The van der Waals surface area contributed by atoms with Crippen LogP contribution < -0.4 is 5.56 Å². The first-order valence-corrected chi connectivity index (χ1v) is 13.6. The minimum Gasteiger partial charge on any atom is -0.493 e. The average Bonchev–Trinajstić information content (AvgIpc) is 2.90. The third kappa shape index (κ3) is 7.76. The molecule has 0 aliphatic rings. The number of aromatic nitrogens is 1. The Labute approximate surface area is 225 Å². The molecule has 0 bridgehead atoms. The number of esters is 1. The maximum absolute atomic E-state index is 13.2. The second-order valence-electron chi connectivity index (χ2n) is 9.65. The van der Waals surface area contributed by atoms with E-state index in [1.807, 2.05) is 4.90 Å². The molecule has 1 aromatic carbocycles. The first-order valence-electron chi connectivity index (χ1n) is 13.6. The Morgan fingerprint density at radius 1 is 0.974 bits per heavy atom. The zero-order valence-electron chi connectivity index (χ0n) is 23.6. The highest BCUT2D eigenvalue weighted by Crippen LogP contribution is 2.37. The van der Waals surface area contributed by atoms with E-state index in [1.54, 1.807) is 45.0 Å². The molecule has 0 unspecified atom stereocenters. The summed E-state index contributed by atoms with van der Waals surface area (Å²) in [6.45, 7) is 11.1. The van der Waals surface area contributed by atoms with Crippen LogP contribution in [0.1, 0.15) is 105 Å². The summed E-state index contributed by atoms with van der Waals surface area (Å²) in [7, 11) is 1.36. The van der Waals surface area contributed by atoms with Gasteiger partial charge in [-0.05, 0) is 49.9 Å². The Hall–Kier alpha value is -3.49. The molecule has 0 aliphatic carbocycles. The molecule has 1 heterocycles. The van der Waals surface area contributed by atoms with Gasteiger partial charge in [-0.25, -0.2) is 4.79 Å². The van der Waals surface area contributed by atoms with Crippen LogP contribution in [0.4, 0.5) is 11.4 Å². The molecule has 0 fully saturated rings. The first kappa shape index (κ1) is 30.7. The summed E-state index contributed by atoms with van der Waals surface area (Å²) in [5.74, 6) is -1.47. The summed E-state index contributed by atoms with van der Waals surface area (Å²) >= 11 is 0. The average molecular weight is 527 g/mol. The number of aromatic hydroxyl groups is 1. The van der Waals surface area contributed by atoms with Gasteiger partial charge < -0.3 is 14.7 Å².